The minimum absolute atomic E-state index is 0.0541. The molecule has 2 heterocycles. The van der Waals surface area contributed by atoms with Crippen molar-refractivity contribution in [1.29, 1.82) is 0 Å². The van der Waals surface area contributed by atoms with Gasteiger partial charge in [-0.2, -0.15) is 0 Å². The number of hydrogen-bond donors (Lipinski definition) is 3. The van der Waals surface area contributed by atoms with E-state index in [1.54, 1.807) is 17.9 Å². The molecule has 1 amide bonds. The molecule has 0 radical (unpaired) electrons. The first-order chi connectivity index (χ1) is 17.1. The van der Waals surface area contributed by atoms with E-state index in [9.17, 15) is 19.4 Å². The average molecular weight is 513 g/mol. The van der Waals surface area contributed by atoms with Crippen LogP contribution in [0, 0.1) is 41.3 Å². The van der Waals surface area contributed by atoms with Crippen LogP contribution in [-0.4, -0.2) is 61.9 Å². The van der Waals surface area contributed by atoms with Crippen LogP contribution < -0.4 is 5.32 Å². The monoisotopic (exact) mass is 512 g/mol. The molecule has 1 saturated heterocycles. The Morgan fingerprint density at radius 2 is 1.83 bits per heavy atom. The number of rotatable bonds is 3. The number of aromatic nitrogens is 2. The predicted octanol–water partition coefficient (Wildman–Crippen LogP) is 3.03. The number of piperidine rings is 1. The Hall–Kier alpha value is -2.44. The largest absolute Gasteiger partial charge is 0.378 e. The summed E-state index contributed by atoms with van der Waals surface area (Å²) in [4.78, 5) is 19.9. The molecule has 1 aromatic heterocycles. The van der Waals surface area contributed by atoms with Crippen molar-refractivity contribution in [3.63, 3.8) is 0 Å². The van der Waals surface area contributed by atoms with E-state index in [0.29, 0.717) is 36.1 Å². The molecule has 2 aromatic rings. The number of carbonyl (C=O) groups excluding carboxylic acids is 1. The van der Waals surface area contributed by atoms with E-state index in [2.05, 4.69) is 34.1 Å². The number of imidazole rings is 1. The lowest BCUT2D eigenvalue weighted by Gasteiger charge is -2.20. The number of amides is 1. The first-order valence-corrected chi connectivity index (χ1v) is 12.9. The highest BCUT2D eigenvalue weighted by Gasteiger charge is 2.67. The number of nitrogens with one attached hydrogen (secondary N) is 1. The number of carbonyl (C=O) groups is 1. The summed E-state index contributed by atoms with van der Waals surface area (Å²) in [6.07, 6.45) is 4.45. The Balaban J connectivity index is 1.13. The van der Waals surface area contributed by atoms with Crippen LogP contribution in [0.25, 0.3) is 0 Å². The van der Waals surface area contributed by atoms with Crippen LogP contribution in [0.5, 0.6) is 0 Å². The topological polar surface area (TPSA) is 90.6 Å². The van der Waals surface area contributed by atoms with E-state index in [1.165, 1.54) is 18.2 Å². The number of halogens is 2. The molecule has 0 spiro atoms. The minimum atomic E-state index is -1.06. The summed E-state index contributed by atoms with van der Waals surface area (Å²) in [6.45, 7) is 1.71. The first-order valence-electron chi connectivity index (χ1n) is 12.5. The van der Waals surface area contributed by atoms with Crippen molar-refractivity contribution in [2.45, 2.75) is 42.8 Å². The van der Waals surface area contributed by atoms with Crippen molar-refractivity contribution in [2.75, 3.05) is 25.5 Å². The van der Waals surface area contributed by atoms with Gasteiger partial charge in [0.25, 0.3) is 5.91 Å². The maximum Gasteiger partial charge on any atom is 0.274 e. The molecule has 3 saturated carbocycles. The molecular weight excluding hydrogens is 483 g/mol. The molecule has 1 aromatic carbocycles. The fraction of sp³-hybridized carbons (Fsp3) is 0.556. The highest BCUT2D eigenvalue weighted by molar-refractivity contribution is 6.31. The van der Waals surface area contributed by atoms with Crippen molar-refractivity contribution < 1.29 is 19.4 Å². The van der Waals surface area contributed by atoms with Crippen LogP contribution in [-0.2, 0) is 7.05 Å². The normalized spacial score (nSPS) is 36.8. The zero-order chi connectivity index (χ0) is 25.4. The number of likely N-dealkylation sites (tertiary alicyclic amines) is 1. The zero-order valence-corrected chi connectivity index (χ0v) is 21.1. The Bertz CT molecular complexity index is 1270. The van der Waals surface area contributed by atoms with E-state index in [-0.39, 0.29) is 28.7 Å². The van der Waals surface area contributed by atoms with Crippen molar-refractivity contribution in [1.82, 2.24) is 14.5 Å². The Labute approximate surface area is 214 Å². The fourth-order valence-corrected chi connectivity index (χ4v) is 7.16. The van der Waals surface area contributed by atoms with Gasteiger partial charge in [-0.25, -0.2) is 9.37 Å². The summed E-state index contributed by atoms with van der Waals surface area (Å²) in [6, 6.07) is 4.08. The lowest BCUT2D eigenvalue weighted by atomic mass is 9.92. The summed E-state index contributed by atoms with van der Waals surface area (Å²) < 4.78 is 15.2. The van der Waals surface area contributed by atoms with E-state index in [1.807, 2.05) is 0 Å². The summed E-state index contributed by atoms with van der Waals surface area (Å²) in [7, 11) is 3.83. The molecular formula is C27H30ClFN4O3. The molecule has 36 heavy (non-hydrogen) atoms. The van der Waals surface area contributed by atoms with Crippen molar-refractivity contribution in [3.05, 3.63) is 46.8 Å². The molecule has 3 N–H and O–H groups in total. The van der Waals surface area contributed by atoms with Gasteiger partial charge in [-0.15, -0.1) is 0 Å². The van der Waals surface area contributed by atoms with Crippen LogP contribution in [0.1, 0.15) is 47.8 Å². The van der Waals surface area contributed by atoms with Gasteiger partial charge >= 0.3 is 0 Å². The smallest absolute Gasteiger partial charge is 0.274 e. The number of aryl methyl sites for hydroxylation is 1. The Morgan fingerprint density at radius 1 is 1.17 bits per heavy atom. The molecule has 190 valence electrons. The van der Waals surface area contributed by atoms with Gasteiger partial charge in [-0.1, -0.05) is 23.4 Å². The summed E-state index contributed by atoms with van der Waals surface area (Å²) in [5.41, 5.74) is -0.365. The van der Waals surface area contributed by atoms with Gasteiger partial charge in [0, 0.05) is 43.6 Å². The van der Waals surface area contributed by atoms with Gasteiger partial charge in [-0.05, 0) is 62.8 Å². The van der Waals surface area contributed by atoms with Gasteiger partial charge in [0.05, 0.1) is 17.0 Å². The second-order valence-corrected chi connectivity index (χ2v) is 11.7. The third-order valence-corrected chi connectivity index (χ3v) is 9.09. The molecule has 0 bridgehead atoms. The van der Waals surface area contributed by atoms with Crippen molar-refractivity contribution in [2.24, 2.45) is 30.7 Å². The van der Waals surface area contributed by atoms with E-state index in [4.69, 9.17) is 11.6 Å². The molecule has 7 nitrogen and oxygen atoms in total. The lowest BCUT2D eigenvalue weighted by Crippen LogP contribution is -2.29. The molecule has 9 heteroatoms. The fourth-order valence-electron chi connectivity index (χ4n) is 6.98. The Kier molecular flexibility index (Phi) is 5.51. The average Bonchev–Trinajstić information content (AvgIpc) is 3.36. The van der Waals surface area contributed by atoms with Crippen molar-refractivity contribution in [3.8, 4) is 11.8 Å². The highest BCUT2D eigenvalue weighted by Crippen LogP contribution is 2.56. The van der Waals surface area contributed by atoms with Crippen LogP contribution in [0.15, 0.2) is 24.5 Å². The molecule has 4 atom stereocenters. The third kappa shape index (κ3) is 3.93. The third-order valence-electron chi connectivity index (χ3n) is 8.80. The van der Waals surface area contributed by atoms with Crippen LogP contribution in [0.3, 0.4) is 0 Å². The number of nitrogens with zero attached hydrogens (tertiary/aromatic N) is 3. The minimum Gasteiger partial charge on any atom is -0.378 e. The summed E-state index contributed by atoms with van der Waals surface area (Å²) in [5, 5.41) is 24.8. The van der Waals surface area contributed by atoms with E-state index in [0.717, 1.165) is 31.6 Å². The number of fused-ring (bicyclic) bond motifs is 2. The summed E-state index contributed by atoms with van der Waals surface area (Å²) >= 11 is 5.86. The highest BCUT2D eigenvalue weighted by atomic mass is 35.5. The number of anilines is 1. The van der Waals surface area contributed by atoms with Crippen molar-refractivity contribution >= 4 is 23.2 Å². The van der Waals surface area contributed by atoms with Gasteiger partial charge in [-0.3, -0.25) is 4.79 Å². The first kappa shape index (κ1) is 23.9. The summed E-state index contributed by atoms with van der Waals surface area (Å²) in [5.74, 6) is 6.36. The van der Waals surface area contributed by atoms with Crippen LogP contribution in [0.4, 0.5) is 10.1 Å². The maximum absolute atomic E-state index is 13.5. The van der Waals surface area contributed by atoms with Gasteiger partial charge in [0.15, 0.2) is 0 Å². The molecule has 6 rings (SSSR count). The maximum atomic E-state index is 13.5. The van der Waals surface area contributed by atoms with Gasteiger partial charge in [0.2, 0.25) is 0 Å². The number of benzene rings is 1. The van der Waals surface area contributed by atoms with E-state index < -0.39 is 17.0 Å². The van der Waals surface area contributed by atoms with Gasteiger partial charge in [0.1, 0.15) is 22.7 Å². The van der Waals surface area contributed by atoms with Crippen LogP contribution >= 0.6 is 11.6 Å². The van der Waals surface area contributed by atoms with E-state index >= 15 is 0 Å². The molecule has 4 unspecified atom stereocenters. The van der Waals surface area contributed by atoms with Gasteiger partial charge < -0.3 is 25.0 Å². The standard InChI is InChI=1S/C27H30ClFN4O3/c1-32-12-19-20(13-32)27(19,36)6-5-26(35)10-16-7-15(8-17(16)11-26)23-24(33(2)14-30-23)25(34)31-18-3-4-22(29)21(28)9-18/h3-4,9,14-17,19-20,35-36H,7-8,10-13H2,1-2H3,(H,31,34). The predicted molar refractivity (Wildman–Crippen MR) is 133 cm³/mol. The number of hydrogen-bond acceptors (Lipinski definition) is 5. The lowest BCUT2D eigenvalue weighted by molar-refractivity contribution is 0.0958. The van der Waals surface area contributed by atoms with Crippen LogP contribution in [0.2, 0.25) is 5.02 Å². The molecule has 1 aliphatic heterocycles. The second kappa shape index (κ2) is 8.29. The number of aliphatic hydroxyl groups is 2. The quantitative estimate of drug-likeness (QED) is 0.550. The Morgan fingerprint density at radius 3 is 2.47 bits per heavy atom. The molecule has 3 aliphatic carbocycles. The second-order valence-electron chi connectivity index (χ2n) is 11.3. The molecule has 4 aliphatic rings. The molecule has 4 fully saturated rings. The SMILES string of the molecule is CN1CC2C(C1)C2(O)C#CC1(O)CC2CC(c3ncn(C)c3C(=O)Nc3ccc(F)c(Cl)c3)CC2C1. The zero-order valence-electron chi connectivity index (χ0n) is 20.3.